The van der Waals surface area contributed by atoms with Gasteiger partial charge in [-0.15, -0.1) is 0 Å². The van der Waals surface area contributed by atoms with E-state index in [0.29, 0.717) is 19.3 Å². The number of hydrogen-bond donors (Lipinski definition) is 0. The lowest BCUT2D eigenvalue weighted by molar-refractivity contribution is -0.167. The molecule has 470 valence electrons. The summed E-state index contributed by atoms with van der Waals surface area (Å²) in [5, 5.41) is 0. The Labute approximate surface area is 503 Å². The summed E-state index contributed by atoms with van der Waals surface area (Å²) in [4.78, 5) is 38.4. The number of hydrogen-bond acceptors (Lipinski definition) is 6. The molecule has 0 aliphatic heterocycles. The van der Waals surface area contributed by atoms with Gasteiger partial charge in [-0.3, -0.25) is 14.4 Å². The highest BCUT2D eigenvalue weighted by Gasteiger charge is 2.19. The van der Waals surface area contributed by atoms with Crippen LogP contribution in [-0.4, -0.2) is 37.2 Å². The summed E-state index contributed by atoms with van der Waals surface area (Å²) >= 11 is 0. The van der Waals surface area contributed by atoms with Gasteiger partial charge in [-0.2, -0.15) is 0 Å². The molecule has 0 amide bonds. The first-order valence-corrected chi connectivity index (χ1v) is 35.4. The fourth-order valence-corrected chi connectivity index (χ4v) is 10.4. The van der Waals surface area contributed by atoms with Crippen LogP contribution < -0.4 is 0 Å². The molecule has 0 aromatic carbocycles. The smallest absolute Gasteiger partial charge is 0.306 e. The number of carbonyl (C=O) groups is 3. The second-order valence-electron chi connectivity index (χ2n) is 23.8. The number of unbranched alkanes of at least 4 members (excludes halogenated alkanes) is 42. The summed E-state index contributed by atoms with van der Waals surface area (Å²) in [6.07, 6.45) is 90.8. The Hall–Kier alpha value is -3.15. The lowest BCUT2D eigenvalue weighted by atomic mass is 10.0. The maximum Gasteiger partial charge on any atom is 0.306 e. The van der Waals surface area contributed by atoms with Crippen molar-refractivity contribution in [1.29, 1.82) is 0 Å². The van der Waals surface area contributed by atoms with Crippen LogP contribution in [0.25, 0.3) is 0 Å². The maximum atomic E-state index is 12.9. The van der Waals surface area contributed by atoms with Crippen LogP contribution in [-0.2, 0) is 28.6 Å². The van der Waals surface area contributed by atoms with E-state index in [4.69, 9.17) is 14.2 Å². The van der Waals surface area contributed by atoms with Crippen LogP contribution in [0, 0.1) is 0 Å². The van der Waals surface area contributed by atoms with Crippen molar-refractivity contribution in [3.63, 3.8) is 0 Å². The van der Waals surface area contributed by atoms with Crippen LogP contribution in [0.5, 0.6) is 0 Å². The Morgan fingerprint density at radius 2 is 0.481 bits per heavy atom. The Morgan fingerprint density at radius 1 is 0.259 bits per heavy atom. The monoisotopic (exact) mass is 1130 g/mol. The van der Waals surface area contributed by atoms with Gasteiger partial charge < -0.3 is 14.2 Å². The number of carbonyl (C=O) groups excluding carboxylic acids is 3. The zero-order chi connectivity index (χ0) is 58.5. The van der Waals surface area contributed by atoms with Crippen molar-refractivity contribution >= 4 is 17.9 Å². The van der Waals surface area contributed by atoms with Crippen molar-refractivity contribution in [2.75, 3.05) is 13.2 Å². The summed E-state index contributed by atoms with van der Waals surface area (Å²) in [6, 6.07) is 0. The van der Waals surface area contributed by atoms with E-state index in [9.17, 15) is 14.4 Å². The number of ether oxygens (including phenoxy) is 3. The van der Waals surface area contributed by atoms with Crippen molar-refractivity contribution < 1.29 is 28.6 Å². The average Bonchev–Trinajstić information content (AvgIpc) is 3.47. The molecule has 0 aromatic heterocycles. The minimum Gasteiger partial charge on any atom is -0.462 e. The fourth-order valence-electron chi connectivity index (χ4n) is 10.4. The quantitative estimate of drug-likeness (QED) is 0.0261. The Kier molecular flexibility index (Phi) is 66.6. The highest BCUT2D eigenvalue weighted by Crippen LogP contribution is 2.18. The first-order chi connectivity index (χ1) is 40.0. The summed E-state index contributed by atoms with van der Waals surface area (Å²) in [7, 11) is 0. The fraction of sp³-hybridized carbons (Fsp3) is 0.800. The molecule has 0 spiro atoms. The molecule has 1 unspecified atom stereocenters. The van der Waals surface area contributed by atoms with Crippen molar-refractivity contribution in [2.24, 2.45) is 0 Å². The minimum atomic E-state index is -0.780. The molecular weight excluding hydrogens is 997 g/mol. The zero-order valence-corrected chi connectivity index (χ0v) is 54.1. The van der Waals surface area contributed by atoms with Gasteiger partial charge in [0, 0.05) is 19.3 Å². The highest BCUT2D eigenvalue weighted by atomic mass is 16.6. The first kappa shape index (κ1) is 77.9. The molecule has 0 radical (unpaired) electrons. The normalized spacial score (nSPS) is 12.5. The second kappa shape index (κ2) is 69.3. The Bertz CT molecular complexity index is 1490. The van der Waals surface area contributed by atoms with Crippen LogP contribution in [0.2, 0.25) is 0 Å². The second-order valence-corrected chi connectivity index (χ2v) is 23.8. The number of esters is 3. The van der Waals surface area contributed by atoms with E-state index < -0.39 is 6.10 Å². The highest BCUT2D eigenvalue weighted by molar-refractivity contribution is 5.71. The molecule has 0 aromatic rings. The molecule has 0 aliphatic carbocycles. The number of allylic oxidation sites excluding steroid dienone is 12. The lowest BCUT2D eigenvalue weighted by Crippen LogP contribution is -2.30. The van der Waals surface area contributed by atoms with Crippen molar-refractivity contribution in [2.45, 2.75) is 374 Å². The van der Waals surface area contributed by atoms with Gasteiger partial charge >= 0.3 is 17.9 Å². The van der Waals surface area contributed by atoms with E-state index in [-0.39, 0.29) is 31.1 Å². The number of rotatable bonds is 65. The van der Waals surface area contributed by atoms with Crippen LogP contribution in [0.1, 0.15) is 367 Å². The van der Waals surface area contributed by atoms with E-state index in [0.717, 1.165) is 96.3 Å². The van der Waals surface area contributed by atoms with E-state index in [1.807, 2.05) is 0 Å². The topological polar surface area (TPSA) is 78.9 Å². The molecule has 0 N–H and O–H groups in total. The zero-order valence-electron chi connectivity index (χ0n) is 54.1. The van der Waals surface area contributed by atoms with Gasteiger partial charge in [0.2, 0.25) is 0 Å². The summed E-state index contributed by atoms with van der Waals surface area (Å²) in [6.45, 7) is 6.56. The third kappa shape index (κ3) is 67.5. The molecule has 0 aliphatic rings. The van der Waals surface area contributed by atoms with Gasteiger partial charge in [-0.05, 0) is 89.9 Å². The van der Waals surface area contributed by atoms with Crippen molar-refractivity contribution in [3.8, 4) is 0 Å². The molecular formula is C75H134O6. The Morgan fingerprint density at radius 3 is 0.765 bits per heavy atom. The Balaban J connectivity index is 4.20. The van der Waals surface area contributed by atoms with Gasteiger partial charge in [0.25, 0.3) is 0 Å². The predicted octanol–water partition coefficient (Wildman–Crippen LogP) is 24.4. The molecule has 0 fully saturated rings. The standard InChI is InChI=1S/C75H134O6/c1-4-7-10-13-16-19-22-24-26-28-30-32-34-35-36-37-38-39-41-42-44-46-48-50-53-56-59-62-65-68-74(77)80-71-72(70-79-73(76)67-64-61-58-55-52-21-18-15-12-9-6-3)81-75(78)69-66-63-60-57-54-51-49-47-45-43-40-33-31-29-27-25-23-20-17-14-11-8-5-2/h8,11,17,20,25,27-28,30-31,33,43,45,72H,4-7,9-10,12-16,18-19,21-24,26,29,32,34-42,44,46-71H2,1-3H3/b11-8-,20-17-,27-25-,30-28-,33-31-,45-43-. The molecule has 0 saturated heterocycles. The van der Waals surface area contributed by atoms with Crippen LogP contribution in [0.4, 0.5) is 0 Å². The SMILES string of the molecule is CC/C=C\C/C=C\C/C=C\C/C=C\C/C=C\CCCCCCCCCC(=O)OC(COC(=O)CCCCCCCCCCCCC)COC(=O)CCCCCCCCCCCCCCCCCCC/C=C\CCCCCCCCCC. The molecule has 0 saturated carbocycles. The van der Waals surface area contributed by atoms with E-state index in [1.165, 1.54) is 231 Å². The van der Waals surface area contributed by atoms with Gasteiger partial charge in [0.05, 0.1) is 0 Å². The van der Waals surface area contributed by atoms with Gasteiger partial charge in [-0.1, -0.05) is 331 Å². The molecule has 0 heterocycles. The molecule has 6 nitrogen and oxygen atoms in total. The van der Waals surface area contributed by atoms with Crippen LogP contribution in [0.3, 0.4) is 0 Å². The summed E-state index contributed by atoms with van der Waals surface area (Å²) < 4.78 is 17.0. The average molecular weight is 1130 g/mol. The van der Waals surface area contributed by atoms with Gasteiger partial charge in [0.1, 0.15) is 13.2 Å². The minimum absolute atomic E-state index is 0.0757. The summed E-state index contributed by atoms with van der Waals surface area (Å²) in [5.41, 5.74) is 0. The van der Waals surface area contributed by atoms with E-state index >= 15 is 0 Å². The molecule has 0 bridgehead atoms. The molecule has 81 heavy (non-hydrogen) atoms. The van der Waals surface area contributed by atoms with E-state index in [2.05, 4.69) is 93.7 Å². The largest absolute Gasteiger partial charge is 0.462 e. The lowest BCUT2D eigenvalue weighted by Gasteiger charge is -2.18. The first-order valence-electron chi connectivity index (χ1n) is 35.4. The van der Waals surface area contributed by atoms with Crippen molar-refractivity contribution in [1.82, 2.24) is 0 Å². The van der Waals surface area contributed by atoms with Gasteiger partial charge in [-0.25, -0.2) is 0 Å². The maximum absolute atomic E-state index is 12.9. The third-order valence-corrected chi connectivity index (χ3v) is 15.7. The summed E-state index contributed by atoms with van der Waals surface area (Å²) in [5.74, 6) is -0.867. The molecule has 0 rings (SSSR count). The predicted molar refractivity (Wildman–Crippen MR) is 353 cm³/mol. The van der Waals surface area contributed by atoms with Crippen LogP contribution >= 0.6 is 0 Å². The van der Waals surface area contributed by atoms with Crippen LogP contribution in [0.15, 0.2) is 72.9 Å². The molecule has 1 atom stereocenters. The van der Waals surface area contributed by atoms with Gasteiger partial charge in [0.15, 0.2) is 6.10 Å². The van der Waals surface area contributed by atoms with Crippen molar-refractivity contribution in [3.05, 3.63) is 72.9 Å². The van der Waals surface area contributed by atoms with E-state index in [1.54, 1.807) is 0 Å². The molecule has 6 heteroatoms. The third-order valence-electron chi connectivity index (χ3n) is 15.7.